The molecule has 1 saturated carbocycles. The molecule has 0 spiro atoms. The van der Waals surface area contributed by atoms with E-state index >= 15 is 0 Å². The Kier molecular flexibility index (Phi) is 4.31. The minimum Gasteiger partial charge on any atom is -0.324 e. The largest absolute Gasteiger partial charge is 0.324 e. The van der Waals surface area contributed by atoms with Crippen LogP contribution in [0.1, 0.15) is 56.6 Å². The average molecular weight is 268 g/mol. The molecule has 0 radical (unpaired) electrons. The van der Waals surface area contributed by atoms with Crippen molar-refractivity contribution in [3.63, 3.8) is 0 Å². The van der Waals surface area contributed by atoms with Crippen LogP contribution in [0, 0.1) is 5.92 Å². The van der Waals surface area contributed by atoms with E-state index in [-0.39, 0.29) is 6.04 Å². The summed E-state index contributed by atoms with van der Waals surface area (Å²) in [7, 11) is 0. The molecule has 2 N–H and O–H groups in total. The molecule has 0 bridgehead atoms. The lowest BCUT2D eigenvalue weighted by molar-refractivity contribution is 0.328. The molecule has 1 aliphatic rings. The van der Waals surface area contributed by atoms with Gasteiger partial charge in [-0.15, -0.1) is 0 Å². The van der Waals surface area contributed by atoms with E-state index in [0.717, 1.165) is 5.52 Å². The number of hydrogen-bond acceptors (Lipinski definition) is 2. The van der Waals surface area contributed by atoms with Gasteiger partial charge in [0.25, 0.3) is 0 Å². The van der Waals surface area contributed by atoms with Crippen LogP contribution in [0.25, 0.3) is 10.9 Å². The maximum atomic E-state index is 6.56. The van der Waals surface area contributed by atoms with Gasteiger partial charge < -0.3 is 5.73 Å². The van der Waals surface area contributed by atoms with Crippen LogP contribution in [-0.2, 0) is 0 Å². The first-order chi connectivity index (χ1) is 9.84. The number of hydrogen-bond donors (Lipinski definition) is 1. The van der Waals surface area contributed by atoms with E-state index in [4.69, 9.17) is 5.73 Å². The zero-order valence-corrected chi connectivity index (χ0v) is 12.1. The summed E-state index contributed by atoms with van der Waals surface area (Å²) in [6.07, 6.45) is 11.3. The number of fused-ring (bicyclic) bond motifs is 1. The molecule has 2 aromatic rings. The highest BCUT2D eigenvalue weighted by molar-refractivity contribution is 5.79. The Morgan fingerprint density at radius 2 is 1.75 bits per heavy atom. The van der Waals surface area contributed by atoms with Crippen LogP contribution < -0.4 is 5.73 Å². The topological polar surface area (TPSA) is 38.9 Å². The summed E-state index contributed by atoms with van der Waals surface area (Å²) in [5.41, 5.74) is 8.89. The highest BCUT2D eigenvalue weighted by Gasteiger charge is 2.20. The van der Waals surface area contributed by atoms with E-state index in [9.17, 15) is 0 Å². The molecule has 1 unspecified atom stereocenters. The molecule has 0 amide bonds. The van der Waals surface area contributed by atoms with Gasteiger partial charge in [0.05, 0.1) is 5.52 Å². The van der Waals surface area contributed by atoms with Gasteiger partial charge in [-0.25, -0.2) is 0 Å². The molecule has 20 heavy (non-hydrogen) atoms. The van der Waals surface area contributed by atoms with Crippen LogP contribution in [0.4, 0.5) is 0 Å². The van der Waals surface area contributed by atoms with Gasteiger partial charge >= 0.3 is 0 Å². The van der Waals surface area contributed by atoms with E-state index < -0.39 is 0 Å². The molecule has 1 heterocycles. The van der Waals surface area contributed by atoms with Crippen molar-refractivity contribution < 1.29 is 0 Å². The summed E-state index contributed by atoms with van der Waals surface area (Å²) in [6.45, 7) is 0. The Morgan fingerprint density at radius 1 is 1.00 bits per heavy atom. The molecule has 3 rings (SSSR count). The summed E-state index contributed by atoms with van der Waals surface area (Å²) >= 11 is 0. The number of pyridine rings is 1. The molecule has 2 heteroatoms. The van der Waals surface area contributed by atoms with Gasteiger partial charge in [0.1, 0.15) is 0 Å². The van der Waals surface area contributed by atoms with Crippen molar-refractivity contribution in [3.8, 4) is 0 Å². The zero-order chi connectivity index (χ0) is 13.8. The maximum Gasteiger partial charge on any atom is 0.0702 e. The Morgan fingerprint density at radius 3 is 2.55 bits per heavy atom. The first-order valence-corrected chi connectivity index (χ1v) is 7.95. The van der Waals surface area contributed by atoms with E-state index in [1.54, 1.807) is 0 Å². The highest BCUT2D eigenvalue weighted by Crippen LogP contribution is 2.32. The average Bonchev–Trinajstić information content (AvgIpc) is 2.46. The smallest absolute Gasteiger partial charge is 0.0702 e. The summed E-state index contributed by atoms with van der Waals surface area (Å²) in [5.74, 6) is 0.643. The van der Waals surface area contributed by atoms with E-state index in [1.807, 2.05) is 12.3 Å². The second-order valence-corrected chi connectivity index (χ2v) is 6.09. The van der Waals surface area contributed by atoms with Crippen molar-refractivity contribution in [2.75, 3.05) is 0 Å². The third-order valence-corrected chi connectivity index (χ3v) is 4.67. The molecule has 1 aromatic carbocycles. The summed E-state index contributed by atoms with van der Waals surface area (Å²) in [4.78, 5) is 4.38. The van der Waals surface area contributed by atoms with Gasteiger partial charge in [-0.3, -0.25) is 4.98 Å². The van der Waals surface area contributed by atoms with Gasteiger partial charge in [0, 0.05) is 17.6 Å². The van der Waals surface area contributed by atoms with Crippen molar-refractivity contribution >= 4 is 10.9 Å². The van der Waals surface area contributed by atoms with Crippen molar-refractivity contribution in [2.45, 2.75) is 51.0 Å². The van der Waals surface area contributed by atoms with Crippen LogP contribution in [0.5, 0.6) is 0 Å². The minimum atomic E-state index is 0.178. The number of benzene rings is 1. The molecule has 1 aliphatic carbocycles. The van der Waals surface area contributed by atoms with E-state index in [1.165, 1.54) is 55.9 Å². The predicted octanol–water partition coefficient (Wildman–Crippen LogP) is 4.60. The van der Waals surface area contributed by atoms with Gasteiger partial charge in [0.15, 0.2) is 0 Å². The minimum absolute atomic E-state index is 0.178. The fourth-order valence-electron chi connectivity index (χ4n) is 3.42. The van der Waals surface area contributed by atoms with E-state index in [2.05, 4.69) is 29.2 Å². The quantitative estimate of drug-likeness (QED) is 0.864. The first kappa shape index (κ1) is 13.6. The number of aromatic nitrogens is 1. The fraction of sp³-hybridized carbons (Fsp3) is 0.500. The summed E-state index contributed by atoms with van der Waals surface area (Å²) in [5, 5.41) is 1.20. The van der Waals surface area contributed by atoms with Gasteiger partial charge in [-0.1, -0.05) is 44.2 Å². The third kappa shape index (κ3) is 3.01. The predicted molar refractivity (Wildman–Crippen MR) is 84.5 cm³/mol. The van der Waals surface area contributed by atoms with Crippen LogP contribution in [0.3, 0.4) is 0 Å². The Hall–Kier alpha value is -1.41. The molecule has 1 aromatic heterocycles. The lowest BCUT2D eigenvalue weighted by atomic mass is 9.83. The standard InChI is InChI=1S/C18H24N2/c19-18(14-7-4-2-1-3-5-8-14)16-10-11-17-15(13-16)9-6-12-20-17/h6,9-14,18H,1-5,7-8,19H2. The number of nitrogens with zero attached hydrogens (tertiary/aromatic N) is 1. The van der Waals surface area contributed by atoms with Crippen molar-refractivity contribution in [3.05, 3.63) is 42.1 Å². The molecule has 1 fully saturated rings. The molecular formula is C18H24N2. The van der Waals surface area contributed by atoms with E-state index in [0.29, 0.717) is 5.92 Å². The third-order valence-electron chi connectivity index (χ3n) is 4.67. The molecule has 106 valence electrons. The number of rotatable bonds is 2. The molecule has 0 aliphatic heterocycles. The monoisotopic (exact) mass is 268 g/mol. The van der Waals surface area contributed by atoms with Crippen molar-refractivity contribution in [1.82, 2.24) is 4.98 Å². The van der Waals surface area contributed by atoms with Crippen LogP contribution >= 0.6 is 0 Å². The maximum absolute atomic E-state index is 6.56. The van der Waals surface area contributed by atoms with Gasteiger partial charge in [-0.05, 0) is 42.5 Å². The summed E-state index contributed by atoms with van der Waals surface area (Å²) in [6, 6.07) is 10.8. The van der Waals surface area contributed by atoms with Gasteiger partial charge in [0.2, 0.25) is 0 Å². The Balaban J connectivity index is 1.81. The lowest BCUT2D eigenvalue weighted by Crippen LogP contribution is -2.22. The zero-order valence-electron chi connectivity index (χ0n) is 12.1. The molecule has 0 saturated heterocycles. The van der Waals surface area contributed by atoms with Crippen LogP contribution in [-0.4, -0.2) is 4.98 Å². The first-order valence-electron chi connectivity index (χ1n) is 7.95. The van der Waals surface area contributed by atoms with Crippen molar-refractivity contribution in [2.24, 2.45) is 11.7 Å². The molecule has 1 atom stereocenters. The van der Waals surface area contributed by atoms with Crippen LogP contribution in [0.15, 0.2) is 36.5 Å². The molecule has 2 nitrogen and oxygen atoms in total. The second-order valence-electron chi connectivity index (χ2n) is 6.09. The Bertz CT molecular complexity index is 556. The highest BCUT2D eigenvalue weighted by atomic mass is 14.7. The van der Waals surface area contributed by atoms with Crippen LogP contribution in [0.2, 0.25) is 0 Å². The molecular weight excluding hydrogens is 244 g/mol. The van der Waals surface area contributed by atoms with Crippen molar-refractivity contribution in [1.29, 1.82) is 0 Å². The fourth-order valence-corrected chi connectivity index (χ4v) is 3.42. The normalized spacial score (nSPS) is 19.4. The lowest BCUT2D eigenvalue weighted by Gasteiger charge is -2.26. The number of nitrogens with two attached hydrogens (primary N) is 1. The van der Waals surface area contributed by atoms with Gasteiger partial charge in [-0.2, -0.15) is 0 Å². The SMILES string of the molecule is NC(c1ccc2ncccc2c1)C1CCCCCCC1. The summed E-state index contributed by atoms with van der Waals surface area (Å²) < 4.78 is 0. The Labute approximate surface area is 121 Å². The second kappa shape index (κ2) is 6.36.